The minimum atomic E-state index is 0.0525. The Morgan fingerprint density at radius 2 is 1.86 bits per heavy atom. The van der Waals surface area contributed by atoms with Crippen molar-refractivity contribution in [2.24, 2.45) is 0 Å². The second kappa shape index (κ2) is 5.60. The maximum atomic E-state index is 12.7. The maximum absolute atomic E-state index is 12.7. The molecule has 1 heterocycles. The number of aryl methyl sites for hydroxylation is 1. The first-order valence-corrected chi connectivity index (χ1v) is 7.22. The third-order valence-electron chi connectivity index (χ3n) is 4.01. The standard InChI is InChI=1S/C18H19NO2/c1-13-7-9-14(10-8-13)18(20)19(2)16-11-12-21-17-6-4-3-5-15(16)17/h3-10,16H,11-12H2,1-2H3. The zero-order valence-electron chi connectivity index (χ0n) is 12.4. The number of benzene rings is 2. The Kier molecular flexibility index (Phi) is 3.65. The molecule has 0 N–H and O–H groups in total. The lowest BCUT2D eigenvalue weighted by Gasteiger charge is -2.33. The average molecular weight is 281 g/mol. The SMILES string of the molecule is Cc1ccc(C(=O)N(C)C2CCOc3ccccc32)cc1. The fraction of sp³-hybridized carbons (Fsp3) is 0.278. The van der Waals surface area contributed by atoms with E-state index in [1.807, 2.05) is 67.4 Å². The highest BCUT2D eigenvalue weighted by Gasteiger charge is 2.27. The van der Waals surface area contributed by atoms with Gasteiger partial charge in [-0.15, -0.1) is 0 Å². The fourth-order valence-electron chi connectivity index (χ4n) is 2.77. The lowest BCUT2D eigenvalue weighted by Crippen LogP contribution is -2.34. The molecular weight excluding hydrogens is 262 g/mol. The zero-order chi connectivity index (χ0) is 14.8. The fourth-order valence-corrected chi connectivity index (χ4v) is 2.77. The van der Waals surface area contributed by atoms with E-state index in [0.717, 1.165) is 28.9 Å². The summed E-state index contributed by atoms with van der Waals surface area (Å²) in [6, 6.07) is 15.7. The molecule has 2 aromatic carbocycles. The number of hydrogen-bond donors (Lipinski definition) is 0. The van der Waals surface area contributed by atoms with Gasteiger partial charge < -0.3 is 9.64 Å². The topological polar surface area (TPSA) is 29.5 Å². The van der Waals surface area contributed by atoms with Crippen LogP contribution in [0, 0.1) is 6.92 Å². The van der Waals surface area contributed by atoms with E-state index in [2.05, 4.69) is 0 Å². The first-order chi connectivity index (χ1) is 10.2. The van der Waals surface area contributed by atoms with Gasteiger partial charge in [0.2, 0.25) is 0 Å². The summed E-state index contributed by atoms with van der Waals surface area (Å²) in [7, 11) is 1.87. The maximum Gasteiger partial charge on any atom is 0.254 e. The van der Waals surface area contributed by atoms with Crippen LogP contribution in [0.1, 0.15) is 33.9 Å². The number of fused-ring (bicyclic) bond motifs is 1. The van der Waals surface area contributed by atoms with E-state index in [1.54, 1.807) is 0 Å². The predicted octanol–water partition coefficient (Wildman–Crippen LogP) is 3.59. The van der Waals surface area contributed by atoms with Crippen molar-refractivity contribution >= 4 is 5.91 Å². The minimum absolute atomic E-state index is 0.0525. The number of nitrogens with zero attached hydrogens (tertiary/aromatic N) is 1. The van der Waals surface area contributed by atoms with E-state index in [0.29, 0.717) is 6.61 Å². The molecule has 0 aromatic heterocycles. The molecule has 0 saturated carbocycles. The van der Waals surface area contributed by atoms with E-state index in [-0.39, 0.29) is 11.9 Å². The number of rotatable bonds is 2. The molecule has 108 valence electrons. The Morgan fingerprint density at radius 1 is 1.14 bits per heavy atom. The molecule has 1 atom stereocenters. The summed E-state index contributed by atoms with van der Waals surface area (Å²) < 4.78 is 5.67. The molecule has 0 aliphatic carbocycles. The molecule has 1 unspecified atom stereocenters. The number of para-hydroxylation sites is 1. The Balaban J connectivity index is 1.87. The average Bonchev–Trinajstić information content (AvgIpc) is 2.53. The van der Waals surface area contributed by atoms with Crippen LogP contribution in [0.25, 0.3) is 0 Å². The van der Waals surface area contributed by atoms with Crippen molar-refractivity contribution in [3.05, 3.63) is 65.2 Å². The highest BCUT2D eigenvalue weighted by atomic mass is 16.5. The molecule has 1 amide bonds. The van der Waals surface area contributed by atoms with Crippen molar-refractivity contribution in [3.63, 3.8) is 0 Å². The lowest BCUT2D eigenvalue weighted by molar-refractivity contribution is 0.0686. The van der Waals surface area contributed by atoms with Gasteiger partial charge in [0, 0.05) is 24.6 Å². The summed E-state index contributed by atoms with van der Waals surface area (Å²) in [6.07, 6.45) is 0.825. The number of carbonyl (C=O) groups excluding carboxylic acids is 1. The van der Waals surface area contributed by atoms with Crippen LogP contribution in [0.15, 0.2) is 48.5 Å². The van der Waals surface area contributed by atoms with Crippen LogP contribution in [-0.4, -0.2) is 24.5 Å². The quantitative estimate of drug-likeness (QED) is 0.842. The molecule has 2 aromatic rings. The smallest absolute Gasteiger partial charge is 0.254 e. The Hall–Kier alpha value is -2.29. The zero-order valence-corrected chi connectivity index (χ0v) is 12.4. The number of ether oxygens (including phenoxy) is 1. The van der Waals surface area contributed by atoms with Gasteiger partial charge in [-0.3, -0.25) is 4.79 Å². The van der Waals surface area contributed by atoms with Crippen LogP contribution in [0.3, 0.4) is 0 Å². The first-order valence-electron chi connectivity index (χ1n) is 7.22. The first kappa shape index (κ1) is 13.7. The highest BCUT2D eigenvalue weighted by molar-refractivity contribution is 5.94. The number of amides is 1. The van der Waals surface area contributed by atoms with Gasteiger partial charge in [0.05, 0.1) is 12.6 Å². The summed E-state index contributed by atoms with van der Waals surface area (Å²) in [6.45, 7) is 2.67. The van der Waals surface area contributed by atoms with E-state index in [9.17, 15) is 4.79 Å². The predicted molar refractivity (Wildman–Crippen MR) is 82.6 cm³/mol. The third kappa shape index (κ3) is 2.64. The van der Waals surface area contributed by atoms with Gasteiger partial charge in [0.15, 0.2) is 0 Å². The van der Waals surface area contributed by atoms with Gasteiger partial charge in [0.1, 0.15) is 5.75 Å². The molecule has 0 fully saturated rings. The Morgan fingerprint density at radius 3 is 2.62 bits per heavy atom. The van der Waals surface area contributed by atoms with Crippen molar-refractivity contribution in [2.45, 2.75) is 19.4 Å². The van der Waals surface area contributed by atoms with Crippen LogP contribution in [0.4, 0.5) is 0 Å². The van der Waals surface area contributed by atoms with Crippen molar-refractivity contribution in [3.8, 4) is 5.75 Å². The summed E-state index contributed by atoms with van der Waals surface area (Å²) in [4.78, 5) is 14.5. The van der Waals surface area contributed by atoms with Gasteiger partial charge in [-0.25, -0.2) is 0 Å². The molecule has 3 rings (SSSR count). The van der Waals surface area contributed by atoms with Crippen LogP contribution >= 0.6 is 0 Å². The van der Waals surface area contributed by atoms with Gasteiger partial charge in [0.25, 0.3) is 5.91 Å². The monoisotopic (exact) mass is 281 g/mol. The highest BCUT2D eigenvalue weighted by Crippen LogP contribution is 2.35. The van der Waals surface area contributed by atoms with Crippen LogP contribution in [0.5, 0.6) is 5.75 Å². The van der Waals surface area contributed by atoms with Gasteiger partial charge in [-0.05, 0) is 25.1 Å². The molecule has 0 bridgehead atoms. The van der Waals surface area contributed by atoms with Crippen molar-refractivity contribution in [1.29, 1.82) is 0 Å². The molecule has 0 radical (unpaired) electrons. The summed E-state index contributed by atoms with van der Waals surface area (Å²) >= 11 is 0. The van der Waals surface area contributed by atoms with E-state index in [4.69, 9.17) is 4.74 Å². The minimum Gasteiger partial charge on any atom is -0.493 e. The van der Waals surface area contributed by atoms with Gasteiger partial charge in [-0.2, -0.15) is 0 Å². The van der Waals surface area contributed by atoms with Gasteiger partial charge >= 0.3 is 0 Å². The van der Waals surface area contributed by atoms with Crippen molar-refractivity contribution in [2.75, 3.05) is 13.7 Å². The van der Waals surface area contributed by atoms with E-state index in [1.165, 1.54) is 0 Å². The third-order valence-corrected chi connectivity index (χ3v) is 4.01. The molecule has 3 heteroatoms. The molecule has 0 spiro atoms. The van der Waals surface area contributed by atoms with E-state index >= 15 is 0 Å². The summed E-state index contributed by atoms with van der Waals surface area (Å²) in [5.74, 6) is 0.939. The molecule has 1 aliphatic heterocycles. The normalized spacial score (nSPS) is 16.8. The Bertz CT molecular complexity index is 649. The summed E-state index contributed by atoms with van der Waals surface area (Å²) in [5.41, 5.74) is 2.98. The second-order valence-corrected chi connectivity index (χ2v) is 5.47. The number of hydrogen-bond acceptors (Lipinski definition) is 2. The van der Waals surface area contributed by atoms with Crippen LogP contribution in [-0.2, 0) is 0 Å². The van der Waals surface area contributed by atoms with Crippen molar-refractivity contribution in [1.82, 2.24) is 4.90 Å². The molecule has 21 heavy (non-hydrogen) atoms. The van der Waals surface area contributed by atoms with E-state index < -0.39 is 0 Å². The molecule has 3 nitrogen and oxygen atoms in total. The van der Waals surface area contributed by atoms with Gasteiger partial charge in [-0.1, -0.05) is 35.9 Å². The molecular formula is C18H19NO2. The second-order valence-electron chi connectivity index (χ2n) is 5.47. The van der Waals surface area contributed by atoms with Crippen molar-refractivity contribution < 1.29 is 9.53 Å². The van der Waals surface area contributed by atoms with Crippen LogP contribution < -0.4 is 4.74 Å². The lowest BCUT2D eigenvalue weighted by atomic mass is 9.98. The molecule has 1 aliphatic rings. The Labute approximate surface area is 125 Å². The molecule has 0 saturated heterocycles. The largest absolute Gasteiger partial charge is 0.493 e. The van der Waals surface area contributed by atoms with Crippen LogP contribution in [0.2, 0.25) is 0 Å². The number of carbonyl (C=O) groups is 1. The summed E-state index contributed by atoms with van der Waals surface area (Å²) in [5, 5.41) is 0.